The fraction of sp³-hybridized carbons (Fsp3) is 0.622. The molecule has 12 heteroatoms. The van der Waals surface area contributed by atoms with Crippen LogP contribution >= 0.6 is 0 Å². The second kappa shape index (κ2) is 16.2. The Bertz CT molecular complexity index is 1450. The maximum Gasteiger partial charge on any atom is 0.413 e. The van der Waals surface area contributed by atoms with Crippen molar-refractivity contribution in [1.29, 1.82) is 0 Å². The highest BCUT2D eigenvalue weighted by molar-refractivity contribution is 5.83. The zero-order valence-electron chi connectivity index (χ0n) is 31.0. The van der Waals surface area contributed by atoms with Gasteiger partial charge in [0.25, 0.3) is 0 Å². The molecule has 272 valence electrons. The quantitative estimate of drug-likeness (QED) is 0.255. The Labute approximate surface area is 290 Å². The van der Waals surface area contributed by atoms with E-state index in [0.29, 0.717) is 31.7 Å². The molecule has 0 spiro atoms. The zero-order chi connectivity index (χ0) is 36.7. The van der Waals surface area contributed by atoms with Crippen molar-refractivity contribution in [1.82, 2.24) is 14.8 Å². The molecule has 0 bridgehead atoms. The molecule has 2 heterocycles. The minimum atomic E-state index is -0.711. The lowest BCUT2D eigenvalue weighted by atomic mass is 9.99. The van der Waals surface area contributed by atoms with Crippen molar-refractivity contribution in [3.63, 3.8) is 0 Å². The van der Waals surface area contributed by atoms with Gasteiger partial charge in [0.15, 0.2) is 0 Å². The van der Waals surface area contributed by atoms with Crippen molar-refractivity contribution < 1.29 is 37.7 Å². The van der Waals surface area contributed by atoms with Gasteiger partial charge in [-0.3, -0.25) is 5.32 Å². The van der Waals surface area contributed by atoms with E-state index in [9.17, 15) is 18.8 Å². The summed E-state index contributed by atoms with van der Waals surface area (Å²) in [6, 6.07) is 9.70. The van der Waals surface area contributed by atoms with Crippen LogP contribution in [-0.2, 0) is 31.8 Å². The van der Waals surface area contributed by atoms with Gasteiger partial charge in [-0.2, -0.15) is 0 Å². The van der Waals surface area contributed by atoms with Crippen molar-refractivity contribution in [3.8, 4) is 0 Å². The first-order valence-corrected chi connectivity index (χ1v) is 16.9. The van der Waals surface area contributed by atoms with E-state index in [1.54, 1.807) is 63.5 Å². The molecule has 11 nitrogen and oxygen atoms in total. The maximum absolute atomic E-state index is 13.9. The van der Waals surface area contributed by atoms with Crippen molar-refractivity contribution >= 4 is 24.1 Å². The fourth-order valence-corrected chi connectivity index (χ4v) is 5.52. The highest BCUT2D eigenvalue weighted by atomic mass is 19.1. The molecule has 49 heavy (non-hydrogen) atoms. The van der Waals surface area contributed by atoms with Crippen molar-refractivity contribution in [2.24, 2.45) is 5.92 Å². The summed E-state index contributed by atoms with van der Waals surface area (Å²) < 4.78 is 37.1. The molecule has 1 N–H and O–H groups in total. The molecule has 3 atom stereocenters. The predicted molar refractivity (Wildman–Crippen MR) is 186 cm³/mol. The summed E-state index contributed by atoms with van der Waals surface area (Å²) in [6.07, 6.45) is -1.04. The lowest BCUT2D eigenvalue weighted by molar-refractivity contribution is -0.00774. The number of nitrogens with zero attached hydrogens (tertiary/aromatic N) is 3. The minimum Gasteiger partial charge on any atom is -0.444 e. The fourth-order valence-electron chi connectivity index (χ4n) is 5.52. The molecule has 3 amide bonds. The first-order valence-electron chi connectivity index (χ1n) is 16.9. The van der Waals surface area contributed by atoms with Crippen LogP contribution in [0.1, 0.15) is 86.1 Å². The summed E-state index contributed by atoms with van der Waals surface area (Å²) >= 11 is 0. The topological polar surface area (TPSA) is 120 Å². The molecule has 0 unspecified atom stereocenters. The van der Waals surface area contributed by atoms with Crippen LogP contribution in [-0.4, -0.2) is 88.3 Å². The van der Waals surface area contributed by atoms with Gasteiger partial charge in [0, 0.05) is 30.7 Å². The average Bonchev–Trinajstić information content (AvgIpc) is 3.30. The number of ether oxygens (including phenoxy) is 4. The largest absolute Gasteiger partial charge is 0.444 e. The molecule has 0 radical (unpaired) electrons. The van der Waals surface area contributed by atoms with Crippen molar-refractivity contribution in [3.05, 3.63) is 59.0 Å². The highest BCUT2D eigenvalue weighted by Crippen LogP contribution is 2.27. The van der Waals surface area contributed by atoms with Crippen LogP contribution in [0.2, 0.25) is 0 Å². The number of carbonyl (C=O) groups is 3. The Morgan fingerprint density at radius 3 is 2.22 bits per heavy atom. The summed E-state index contributed by atoms with van der Waals surface area (Å²) in [5.74, 6) is -0.130. The number of rotatable bonds is 10. The van der Waals surface area contributed by atoms with Gasteiger partial charge >= 0.3 is 18.3 Å². The lowest BCUT2D eigenvalue weighted by Crippen LogP contribution is -2.45. The van der Waals surface area contributed by atoms with E-state index < -0.39 is 41.2 Å². The van der Waals surface area contributed by atoms with Gasteiger partial charge in [0.05, 0.1) is 19.3 Å². The van der Waals surface area contributed by atoms with Crippen LogP contribution in [0.5, 0.6) is 0 Å². The molecule has 0 aliphatic carbocycles. The van der Waals surface area contributed by atoms with Gasteiger partial charge in [-0.05, 0) is 124 Å². The number of hydrogen-bond donors (Lipinski definition) is 1. The number of nitrogens with one attached hydrogen (secondary N) is 1. The number of benzene rings is 1. The number of pyridine rings is 1. The van der Waals surface area contributed by atoms with E-state index in [0.717, 1.165) is 16.8 Å². The summed E-state index contributed by atoms with van der Waals surface area (Å²) in [4.78, 5) is 46.8. The third-order valence-electron chi connectivity index (χ3n) is 7.40. The molecule has 1 aromatic heterocycles. The summed E-state index contributed by atoms with van der Waals surface area (Å²) in [6.45, 7) is 21.1. The summed E-state index contributed by atoms with van der Waals surface area (Å²) in [5, 5.41) is 2.71. The maximum atomic E-state index is 13.9. The molecular weight excluding hydrogens is 631 g/mol. The SMILES string of the molecule is Cc1cc(C[C@@H]2CN(C(=O)OC(C)(C)C)C[C@@H]2OCCN(C(=O)OC(C)(C)C)[C@@H](C)Cc2cccc(F)c2)nc(NC(=O)OC(C)(C)C)c1. The average molecular weight is 687 g/mol. The number of aryl methyl sites for hydroxylation is 1. The molecule has 1 saturated heterocycles. The molecule has 2 aromatic rings. The van der Waals surface area contributed by atoms with Crippen molar-refractivity contribution in [2.75, 3.05) is 31.6 Å². The van der Waals surface area contributed by atoms with Crippen LogP contribution in [0, 0.1) is 18.7 Å². The second-order valence-electron chi connectivity index (χ2n) is 15.8. The minimum absolute atomic E-state index is 0.157. The van der Waals surface area contributed by atoms with Gasteiger partial charge < -0.3 is 28.7 Å². The van der Waals surface area contributed by atoms with Crippen LogP contribution in [0.15, 0.2) is 36.4 Å². The number of anilines is 1. The Morgan fingerprint density at radius 1 is 0.959 bits per heavy atom. The Balaban J connectivity index is 1.79. The lowest BCUT2D eigenvalue weighted by Gasteiger charge is -2.32. The van der Waals surface area contributed by atoms with Crippen LogP contribution in [0.3, 0.4) is 0 Å². The molecule has 3 rings (SSSR count). The van der Waals surface area contributed by atoms with E-state index in [4.69, 9.17) is 18.9 Å². The monoisotopic (exact) mass is 686 g/mol. The summed E-state index contributed by atoms with van der Waals surface area (Å²) in [5.41, 5.74) is 0.337. The summed E-state index contributed by atoms with van der Waals surface area (Å²) in [7, 11) is 0. The van der Waals surface area contributed by atoms with E-state index >= 15 is 0 Å². The smallest absolute Gasteiger partial charge is 0.413 e. The van der Waals surface area contributed by atoms with E-state index in [1.165, 1.54) is 12.1 Å². The number of amides is 3. The van der Waals surface area contributed by atoms with Crippen LogP contribution in [0.25, 0.3) is 0 Å². The van der Waals surface area contributed by atoms with Gasteiger partial charge in [0.1, 0.15) is 28.4 Å². The van der Waals surface area contributed by atoms with Crippen LogP contribution in [0.4, 0.5) is 24.6 Å². The molecule has 0 saturated carbocycles. The van der Waals surface area contributed by atoms with Crippen LogP contribution < -0.4 is 5.32 Å². The Hall–Kier alpha value is -3.93. The highest BCUT2D eigenvalue weighted by Gasteiger charge is 2.38. The number of halogens is 1. The first-order chi connectivity index (χ1) is 22.6. The zero-order valence-corrected chi connectivity index (χ0v) is 31.0. The number of carbonyl (C=O) groups excluding carboxylic acids is 3. The molecule has 1 aliphatic rings. The number of aromatic nitrogens is 1. The third kappa shape index (κ3) is 13.8. The van der Waals surface area contributed by atoms with Gasteiger partial charge in [-0.15, -0.1) is 0 Å². The van der Waals surface area contributed by atoms with E-state index in [-0.39, 0.29) is 30.9 Å². The first kappa shape index (κ1) is 39.5. The Morgan fingerprint density at radius 2 is 1.61 bits per heavy atom. The van der Waals surface area contributed by atoms with Crippen molar-refractivity contribution in [2.45, 2.75) is 118 Å². The van der Waals surface area contributed by atoms with Gasteiger partial charge in [-0.25, -0.2) is 23.8 Å². The molecule has 1 fully saturated rings. The third-order valence-corrected chi connectivity index (χ3v) is 7.40. The van der Waals surface area contributed by atoms with E-state index in [2.05, 4.69) is 10.3 Å². The predicted octanol–water partition coefficient (Wildman–Crippen LogP) is 7.54. The molecular formula is C37H55FN4O7. The van der Waals surface area contributed by atoms with Gasteiger partial charge in [-0.1, -0.05) is 12.1 Å². The second-order valence-corrected chi connectivity index (χ2v) is 15.8. The normalized spacial score (nSPS) is 17.3. The van der Waals surface area contributed by atoms with Gasteiger partial charge in [0.2, 0.25) is 0 Å². The van der Waals surface area contributed by atoms with E-state index in [1.807, 2.05) is 46.8 Å². The number of likely N-dealkylation sites (tertiary alicyclic amines) is 1. The molecule has 1 aromatic carbocycles. The number of hydrogen-bond acceptors (Lipinski definition) is 8. The standard InChI is InChI=1S/C37H55FN4O7/c1-24-17-29(39-31(18-24)40-32(43)47-35(3,4)5)21-27-22-41(33(44)48-36(6,7)8)23-30(27)46-16-15-42(34(45)49-37(9,10)11)25(2)19-26-13-12-14-28(38)20-26/h12-14,17-18,20,25,27,30H,15-16,19,21-23H2,1-11H3,(H,39,40,43)/t25-,27+,30-/m0/s1. The Kier molecular flexibility index (Phi) is 13.0. The molecule has 1 aliphatic heterocycles.